The Balaban J connectivity index is 1.43. The van der Waals surface area contributed by atoms with Gasteiger partial charge in [-0.1, -0.05) is 32.1 Å². The SMILES string of the molecule is CS(=O)(=O)c1ncc(CN2CCN(C3CCCC3)CC2)n1CC1CCCCC1. The van der Waals surface area contributed by atoms with E-state index in [0.29, 0.717) is 5.92 Å². The van der Waals surface area contributed by atoms with E-state index in [0.717, 1.165) is 51.0 Å². The van der Waals surface area contributed by atoms with E-state index >= 15 is 0 Å². The molecule has 2 saturated carbocycles. The number of nitrogens with zero attached hydrogens (tertiary/aromatic N) is 4. The third-order valence-corrected chi connectivity index (χ3v) is 8.02. The standard InChI is InChI=1S/C21H36N4O2S/c1-28(26,27)21-22-15-20(25(21)16-18-7-3-2-4-8-18)17-23-11-13-24(14-12-23)19-9-5-6-10-19/h15,18-19H,2-14,16-17H2,1H3. The maximum absolute atomic E-state index is 12.3. The van der Waals surface area contributed by atoms with Crippen LogP contribution in [0.2, 0.25) is 0 Å². The lowest BCUT2D eigenvalue weighted by atomic mass is 9.89. The lowest BCUT2D eigenvalue weighted by molar-refractivity contribution is 0.0918. The average Bonchev–Trinajstić information content (AvgIpc) is 3.34. The van der Waals surface area contributed by atoms with Crippen LogP contribution in [0, 0.1) is 5.92 Å². The number of aromatic nitrogens is 2. The summed E-state index contributed by atoms with van der Waals surface area (Å²) in [6.07, 6.45) is 14.9. The van der Waals surface area contributed by atoms with Crippen LogP contribution in [0.25, 0.3) is 0 Å². The number of rotatable bonds is 6. The zero-order chi connectivity index (χ0) is 19.6. The monoisotopic (exact) mass is 408 g/mol. The summed E-state index contributed by atoms with van der Waals surface area (Å²) in [6, 6.07) is 0.802. The zero-order valence-electron chi connectivity index (χ0n) is 17.4. The van der Waals surface area contributed by atoms with Gasteiger partial charge in [0.05, 0.1) is 11.9 Å². The van der Waals surface area contributed by atoms with Crippen molar-refractivity contribution in [2.45, 2.75) is 82.1 Å². The van der Waals surface area contributed by atoms with Crippen LogP contribution in [0.1, 0.15) is 63.5 Å². The largest absolute Gasteiger partial charge is 0.317 e. The van der Waals surface area contributed by atoms with Crippen molar-refractivity contribution in [3.63, 3.8) is 0 Å². The van der Waals surface area contributed by atoms with Gasteiger partial charge in [-0.15, -0.1) is 0 Å². The minimum atomic E-state index is -3.30. The summed E-state index contributed by atoms with van der Waals surface area (Å²) in [5, 5.41) is 0.262. The van der Waals surface area contributed by atoms with Crippen molar-refractivity contribution in [3.05, 3.63) is 11.9 Å². The lowest BCUT2D eigenvalue weighted by Gasteiger charge is -2.38. The van der Waals surface area contributed by atoms with Crippen molar-refractivity contribution in [1.29, 1.82) is 0 Å². The highest BCUT2D eigenvalue weighted by atomic mass is 32.2. The number of imidazole rings is 1. The molecule has 0 atom stereocenters. The quantitative estimate of drug-likeness (QED) is 0.724. The molecule has 28 heavy (non-hydrogen) atoms. The minimum absolute atomic E-state index is 0.262. The molecular formula is C21H36N4O2S. The Labute approximate surface area is 170 Å². The van der Waals surface area contributed by atoms with E-state index in [1.54, 1.807) is 0 Å². The topological polar surface area (TPSA) is 58.4 Å². The molecule has 7 heteroatoms. The van der Waals surface area contributed by atoms with Crippen LogP contribution in [0.3, 0.4) is 0 Å². The molecule has 1 saturated heterocycles. The zero-order valence-corrected chi connectivity index (χ0v) is 18.2. The van der Waals surface area contributed by atoms with Gasteiger partial charge in [0.2, 0.25) is 15.0 Å². The summed E-state index contributed by atoms with van der Waals surface area (Å²) in [7, 11) is -3.30. The predicted octanol–water partition coefficient (Wildman–Crippen LogP) is 2.93. The molecule has 4 rings (SSSR count). The molecule has 0 spiro atoms. The van der Waals surface area contributed by atoms with Crippen molar-refractivity contribution in [3.8, 4) is 0 Å². The number of hydrogen-bond acceptors (Lipinski definition) is 5. The third-order valence-electron chi connectivity index (χ3n) is 7.03. The van der Waals surface area contributed by atoms with Crippen LogP contribution in [-0.4, -0.2) is 66.2 Å². The molecule has 0 bridgehead atoms. The smallest absolute Gasteiger partial charge is 0.227 e. The maximum atomic E-state index is 12.3. The molecule has 0 unspecified atom stereocenters. The average molecular weight is 409 g/mol. The number of sulfone groups is 1. The molecule has 0 radical (unpaired) electrons. The predicted molar refractivity (Wildman–Crippen MR) is 111 cm³/mol. The molecular weight excluding hydrogens is 372 g/mol. The molecule has 2 heterocycles. The van der Waals surface area contributed by atoms with Crippen LogP contribution in [0.5, 0.6) is 0 Å². The van der Waals surface area contributed by atoms with Crippen molar-refractivity contribution >= 4 is 9.84 Å². The fraction of sp³-hybridized carbons (Fsp3) is 0.857. The fourth-order valence-electron chi connectivity index (χ4n) is 5.42. The summed E-state index contributed by atoms with van der Waals surface area (Å²) in [4.78, 5) is 9.48. The van der Waals surface area contributed by atoms with E-state index in [9.17, 15) is 8.42 Å². The molecule has 1 aromatic rings. The second-order valence-electron chi connectivity index (χ2n) is 9.17. The van der Waals surface area contributed by atoms with Gasteiger partial charge in [-0.2, -0.15) is 0 Å². The molecule has 0 aromatic carbocycles. The maximum Gasteiger partial charge on any atom is 0.227 e. The highest BCUT2D eigenvalue weighted by Crippen LogP contribution is 2.28. The van der Waals surface area contributed by atoms with Gasteiger partial charge in [0.15, 0.2) is 0 Å². The Bertz CT molecular complexity index is 740. The van der Waals surface area contributed by atoms with Gasteiger partial charge >= 0.3 is 0 Å². The highest BCUT2D eigenvalue weighted by molar-refractivity contribution is 7.90. The summed E-state index contributed by atoms with van der Waals surface area (Å²) >= 11 is 0. The fourth-order valence-corrected chi connectivity index (χ4v) is 6.26. The van der Waals surface area contributed by atoms with E-state index < -0.39 is 9.84 Å². The number of piperazine rings is 1. The van der Waals surface area contributed by atoms with Crippen LogP contribution in [-0.2, 0) is 22.9 Å². The second kappa shape index (κ2) is 8.84. The summed E-state index contributed by atoms with van der Waals surface area (Å²) in [6.45, 7) is 6.03. The third kappa shape index (κ3) is 4.79. The van der Waals surface area contributed by atoms with E-state index in [2.05, 4.69) is 14.8 Å². The summed E-state index contributed by atoms with van der Waals surface area (Å²) < 4.78 is 26.6. The van der Waals surface area contributed by atoms with E-state index in [1.165, 1.54) is 64.0 Å². The molecule has 6 nitrogen and oxygen atoms in total. The first-order chi connectivity index (χ1) is 13.5. The molecule has 1 aromatic heterocycles. The Morgan fingerprint density at radius 1 is 0.964 bits per heavy atom. The van der Waals surface area contributed by atoms with Gasteiger partial charge in [0.1, 0.15) is 0 Å². The molecule has 0 amide bonds. The first kappa shape index (κ1) is 20.4. The van der Waals surface area contributed by atoms with Crippen molar-refractivity contribution in [1.82, 2.24) is 19.4 Å². The molecule has 3 fully saturated rings. The molecule has 3 aliphatic rings. The molecule has 158 valence electrons. The number of hydrogen-bond donors (Lipinski definition) is 0. The lowest BCUT2D eigenvalue weighted by Crippen LogP contribution is -2.49. The highest BCUT2D eigenvalue weighted by Gasteiger charge is 2.28. The molecule has 0 N–H and O–H groups in total. The van der Waals surface area contributed by atoms with Gasteiger partial charge in [0, 0.05) is 51.6 Å². The van der Waals surface area contributed by atoms with Gasteiger partial charge in [-0.05, 0) is 31.6 Å². The van der Waals surface area contributed by atoms with Crippen molar-refractivity contribution in [2.24, 2.45) is 5.92 Å². The summed E-state index contributed by atoms with van der Waals surface area (Å²) in [5.74, 6) is 0.585. The Hall–Kier alpha value is -0.920. The van der Waals surface area contributed by atoms with Gasteiger partial charge in [-0.25, -0.2) is 13.4 Å². The first-order valence-electron chi connectivity index (χ1n) is 11.2. The minimum Gasteiger partial charge on any atom is -0.317 e. The Kier molecular flexibility index (Phi) is 6.43. The van der Waals surface area contributed by atoms with Crippen LogP contribution >= 0.6 is 0 Å². The van der Waals surface area contributed by atoms with Crippen LogP contribution in [0.15, 0.2) is 11.4 Å². The molecule has 1 aliphatic heterocycles. The van der Waals surface area contributed by atoms with Crippen molar-refractivity contribution in [2.75, 3.05) is 32.4 Å². The van der Waals surface area contributed by atoms with Crippen LogP contribution < -0.4 is 0 Å². The Morgan fingerprint density at radius 2 is 1.61 bits per heavy atom. The first-order valence-corrected chi connectivity index (χ1v) is 13.1. The van der Waals surface area contributed by atoms with Gasteiger partial charge < -0.3 is 4.57 Å². The van der Waals surface area contributed by atoms with E-state index in [4.69, 9.17) is 0 Å². The summed E-state index contributed by atoms with van der Waals surface area (Å²) in [5.41, 5.74) is 1.07. The van der Waals surface area contributed by atoms with Gasteiger partial charge in [-0.3, -0.25) is 9.80 Å². The van der Waals surface area contributed by atoms with E-state index in [-0.39, 0.29) is 5.16 Å². The normalized spacial score (nSPS) is 24.2. The van der Waals surface area contributed by atoms with Crippen LogP contribution in [0.4, 0.5) is 0 Å². The molecule has 2 aliphatic carbocycles. The second-order valence-corrected chi connectivity index (χ2v) is 11.1. The van der Waals surface area contributed by atoms with E-state index in [1.807, 2.05) is 10.8 Å². The Morgan fingerprint density at radius 3 is 2.25 bits per heavy atom. The van der Waals surface area contributed by atoms with Crippen molar-refractivity contribution < 1.29 is 8.42 Å². The van der Waals surface area contributed by atoms with Gasteiger partial charge in [0.25, 0.3) is 0 Å².